The molecule has 1 atom stereocenters. The van der Waals surface area contributed by atoms with Crippen molar-refractivity contribution in [2.45, 2.75) is 16.7 Å². The van der Waals surface area contributed by atoms with Crippen LogP contribution in [0.3, 0.4) is 0 Å². The predicted molar refractivity (Wildman–Crippen MR) is 64.5 cm³/mol. The fourth-order valence-corrected chi connectivity index (χ4v) is 2.55. The van der Waals surface area contributed by atoms with Crippen LogP contribution >= 0.6 is 11.6 Å². The number of phenols is 1. The smallest absolute Gasteiger partial charge is 0.294 e. The summed E-state index contributed by atoms with van der Waals surface area (Å²) in [5.41, 5.74) is 0.0262. The molecule has 0 bridgehead atoms. The molecule has 1 aliphatic rings. The van der Waals surface area contributed by atoms with Gasteiger partial charge in [-0.1, -0.05) is 0 Å². The number of rotatable bonds is 2. The van der Waals surface area contributed by atoms with Gasteiger partial charge in [0.15, 0.2) is 0 Å². The van der Waals surface area contributed by atoms with Gasteiger partial charge in [0, 0.05) is 13.0 Å². The van der Waals surface area contributed by atoms with E-state index in [2.05, 4.69) is 0 Å². The molecule has 6 nitrogen and oxygen atoms in total. The van der Waals surface area contributed by atoms with E-state index in [1.165, 1.54) is 4.90 Å². The molecule has 18 heavy (non-hydrogen) atoms. The van der Waals surface area contributed by atoms with Crippen LogP contribution in [0.4, 0.5) is 5.69 Å². The lowest BCUT2D eigenvalue weighted by Crippen LogP contribution is -2.24. The number of anilines is 1. The number of phenolic OH excluding ortho intramolecular Hbond substituents is 1. The first-order valence-corrected chi connectivity index (χ1v) is 6.91. The lowest BCUT2D eigenvalue weighted by atomic mass is 10.2. The van der Waals surface area contributed by atoms with Crippen molar-refractivity contribution in [1.82, 2.24) is 0 Å². The molecule has 8 heteroatoms. The summed E-state index contributed by atoms with van der Waals surface area (Å²) in [6.45, 7) is 0.183. The average molecular weight is 292 g/mol. The highest BCUT2D eigenvalue weighted by molar-refractivity contribution is 7.85. The van der Waals surface area contributed by atoms with Crippen molar-refractivity contribution >= 4 is 33.3 Å². The van der Waals surface area contributed by atoms with Gasteiger partial charge in [0.2, 0.25) is 5.91 Å². The van der Waals surface area contributed by atoms with Crippen molar-refractivity contribution in [1.29, 1.82) is 0 Å². The first-order chi connectivity index (χ1) is 8.29. The van der Waals surface area contributed by atoms with E-state index in [9.17, 15) is 18.3 Å². The van der Waals surface area contributed by atoms with Gasteiger partial charge in [-0.2, -0.15) is 8.42 Å². The summed E-state index contributed by atoms with van der Waals surface area (Å²) >= 11 is 5.82. The minimum Gasteiger partial charge on any atom is -0.506 e. The highest BCUT2D eigenvalue weighted by Gasteiger charge is 2.31. The monoisotopic (exact) mass is 291 g/mol. The maximum Gasteiger partial charge on any atom is 0.294 e. The first kappa shape index (κ1) is 13.1. The van der Waals surface area contributed by atoms with Gasteiger partial charge in [-0.3, -0.25) is 9.35 Å². The third-order valence-corrected chi connectivity index (χ3v) is 3.76. The summed E-state index contributed by atoms with van der Waals surface area (Å²) in [6.07, 6.45) is 0.122. The summed E-state index contributed by atoms with van der Waals surface area (Å²) in [5, 5.41) is 9.27. The van der Waals surface area contributed by atoms with E-state index in [4.69, 9.17) is 16.2 Å². The third kappa shape index (κ3) is 2.43. The number of hydrogen-bond donors (Lipinski definition) is 2. The predicted octanol–water partition coefficient (Wildman–Crippen LogP) is 0.983. The van der Waals surface area contributed by atoms with E-state index in [0.717, 1.165) is 18.2 Å². The Morgan fingerprint density at radius 2 is 2.06 bits per heavy atom. The Kier molecular flexibility index (Phi) is 3.22. The number of halogens is 1. The molecular formula is C10H10ClNO5S. The van der Waals surface area contributed by atoms with Crippen LogP contribution in [0.15, 0.2) is 23.1 Å². The topological polar surface area (TPSA) is 94.9 Å². The van der Waals surface area contributed by atoms with E-state index in [1.807, 2.05) is 0 Å². The van der Waals surface area contributed by atoms with Crippen LogP contribution in [-0.4, -0.2) is 35.9 Å². The van der Waals surface area contributed by atoms with Gasteiger partial charge in [0.25, 0.3) is 10.1 Å². The molecule has 1 aliphatic heterocycles. The van der Waals surface area contributed by atoms with Gasteiger partial charge < -0.3 is 10.0 Å². The maximum absolute atomic E-state index is 11.6. The fraction of sp³-hybridized carbons (Fsp3) is 0.300. The number of amides is 1. The van der Waals surface area contributed by atoms with Crippen molar-refractivity contribution in [3.8, 4) is 5.75 Å². The molecule has 0 aromatic heterocycles. The van der Waals surface area contributed by atoms with Gasteiger partial charge >= 0.3 is 0 Å². The second-order valence-electron chi connectivity index (χ2n) is 3.93. The normalized spacial score (nSPS) is 20.4. The molecule has 0 saturated carbocycles. The summed E-state index contributed by atoms with van der Waals surface area (Å²) in [6, 6.07) is 3.19. The van der Waals surface area contributed by atoms with E-state index in [0.29, 0.717) is 0 Å². The molecule has 1 aromatic carbocycles. The van der Waals surface area contributed by atoms with E-state index in [-0.39, 0.29) is 40.6 Å². The molecule has 1 unspecified atom stereocenters. The highest BCUT2D eigenvalue weighted by Crippen LogP contribution is 2.33. The Morgan fingerprint density at radius 3 is 2.56 bits per heavy atom. The van der Waals surface area contributed by atoms with E-state index in [1.54, 1.807) is 0 Å². The number of carbonyl (C=O) groups is 1. The SMILES string of the molecule is O=C1CC(Cl)CN1c1cc(S(=O)(=O)O)ccc1O. The quantitative estimate of drug-likeness (QED) is 0.626. The number of aromatic hydroxyl groups is 1. The standard InChI is InChI=1S/C10H10ClNO5S/c11-6-3-10(14)12(5-6)8-4-7(18(15,16)17)1-2-9(8)13/h1-2,4,6,13H,3,5H2,(H,15,16,17). The molecule has 1 aromatic rings. The second-order valence-corrected chi connectivity index (χ2v) is 5.97. The lowest BCUT2D eigenvalue weighted by Gasteiger charge is -2.17. The summed E-state index contributed by atoms with van der Waals surface area (Å²) in [7, 11) is -4.38. The van der Waals surface area contributed by atoms with Gasteiger partial charge in [-0.25, -0.2) is 0 Å². The zero-order valence-electron chi connectivity index (χ0n) is 9.08. The number of benzene rings is 1. The van der Waals surface area contributed by atoms with Crippen LogP contribution in [0.5, 0.6) is 5.75 Å². The van der Waals surface area contributed by atoms with Gasteiger partial charge in [0.05, 0.1) is 16.0 Å². The summed E-state index contributed by atoms with van der Waals surface area (Å²) in [5.74, 6) is -0.556. The zero-order chi connectivity index (χ0) is 13.5. The Bertz CT molecular complexity index is 600. The minimum atomic E-state index is -4.38. The summed E-state index contributed by atoms with van der Waals surface area (Å²) < 4.78 is 30.9. The molecule has 2 rings (SSSR count). The zero-order valence-corrected chi connectivity index (χ0v) is 10.6. The molecule has 98 valence electrons. The largest absolute Gasteiger partial charge is 0.506 e. The molecule has 1 amide bonds. The van der Waals surface area contributed by atoms with Crippen molar-refractivity contribution in [3.63, 3.8) is 0 Å². The Balaban J connectivity index is 2.48. The lowest BCUT2D eigenvalue weighted by molar-refractivity contribution is -0.117. The molecule has 1 saturated heterocycles. The molecule has 0 aliphatic carbocycles. The van der Waals surface area contributed by atoms with Gasteiger partial charge in [0.1, 0.15) is 5.75 Å². The van der Waals surface area contributed by atoms with Gasteiger partial charge in [-0.05, 0) is 18.2 Å². The number of carbonyl (C=O) groups excluding carboxylic acids is 1. The van der Waals surface area contributed by atoms with E-state index >= 15 is 0 Å². The number of hydrogen-bond acceptors (Lipinski definition) is 4. The van der Waals surface area contributed by atoms with E-state index < -0.39 is 10.1 Å². The third-order valence-electron chi connectivity index (χ3n) is 2.61. The first-order valence-electron chi connectivity index (χ1n) is 5.04. The van der Waals surface area contributed by atoms with Crippen LogP contribution in [0.25, 0.3) is 0 Å². The molecular weight excluding hydrogens is 282 g/mol. The van der Waals surface area contributed by atoms with Gasteiger partial charge in [-0.15, -0.1) is 11.6 Å². The van der Waals surface area contributed by atoms with Crippen LogP contribution in [0, 0.1) is 0 Å². The Labute approximate surface area is 109 Å². The molecule has 0 spiro atoms. The van der Waals surface area contributed by atoms with Crippen molar-refractivity contribution in [2.75, 3.05) is 11.4 Å². The molecule has 0 radical (unpaired) electrons. The Hall–Kier alpha value is -1.31. The second kappa shape index (κ2) is 4.42. The number of nitrogens with zero attached hydrogens (tertiary/aromatic N) is 1. The van der Waals surface area contributed by atoms with Crippen molar-refractivity contribution in [2.24, 2.45) is 0 Å². The average Bonchev–Trinajstić information content (AvgIpc) is 2.56. The highest BCUT2D eigenvalue weighted by atomic mass is 35.5. The van der Waals surface area contributed by atoms with Crippen LogP contribution in [0.2, 0.25) is 0 Å². The minimum absolute atomic E-state index is 0.0262. The molecule has 1 fully saturated rings. The molecule has 1 heterocycles. The number of alkyl halides is 1. The molecule has 2 N–H and O–H groups in total. The summed E-state index contributed by atoms with van der Waals surface area (Å²) in [4.78, 5) is 12.4. The maximum atomic E-state index is 11.6. The van der Waals surface area contributed by atoms with Crippen molar-refractivity contribution in [3.05, 3.63) is 18.2 Å². The Morgan fingerprint density at radius 1 is 1.39 bits per heavy atom. The van der Waals surface area contributed by atoms with Crippen LogP contribution in [0.1, 0.15) is 6.42 Å². The van der Waals surface area contributed by atoms with Crippen LogP contribution < -0.4 is 4.90 Å². The fourth-order valence-electron chi connectivity index (χ4n) is 1.78. The van der Waals surface area contributed by atoms with Crippen LogP contribution in [-0.2, 0) is 14.9 Å². The van der Waals surface area contributed by atoms with Crippen molar-refractivity contribution < 1.29 is 22.9 Å².